The molecular formula is C51H62. The van der Waals surface area contributed by atoms with Gasteiger partial charge >= 0.3 is 0 Å². The molecule has 0 aliphatic heterocycles. The van der Waals surface area contributed by atoms with E-state index in [-0.39, 0.29) is 7.43 Å². The van der Waals surface area contributed by atoms with E-state index in [0.29, 0.717) is 0 Å². The molecule has 0 N–H and O–H groups in total. The highest BCUT2D eigenvalue weighted by Crippen LogP contribution is 2.26. The van der Waals surface area contributed by atoms with E-state index in [9.17, 15) is 0 Å². The van der Waals surface area contributed by atoms with Crippen molar-refractivity contribution in [2.24, 2.45) is 0 Å². The number of terminal acetylenes is 5. The Morgan fingerprint density at radius 2 is 0.647 bits per heavy atom. The fraction of sp³-hybridized carbons (Fsp3) is 0.294. The zero-order valence-corrected chi connectivity index (χ0v) is 32.4. The minimum atomic E-state index is 0. The molecule has 3 aromatic carbocycles. The molecular weight excluding hydrogens is 613 g/mol. The van der Waals surface area contributed by atoms with Gasteiger partial charge in [0.05, 0.1) is 0 Å². The standard InChI is InChI=1S/C14H12.C10H10.C6H2.C5H4.C4H6.C3H4.3C2H6.C2H2.CH4/c1-2-6-12-10-14-8-4-3-7-13(14)9-11(12)5-1;1-2-6-10-8-4-3-7-9(10)5-1;1-3-5-6-4-2;1-3-5-4-2;1-3-4-2;1-3-2;4*1-2;/h1-8H,9-10H2;1-6H,7-8H2;1-2H;1H,2H3;1-2H3;1H,2H3;3*1-2H3;1-2H;1H4. The van der Waals surface area contributed by atoms with E-state index in [1.54, 1.807) is 13.8 Å². The zero-order chi connectivity index (χ0) is 39.3. The second-order valence-electron chi connectivity index (χ2n) is 8.39. The van der Waals surface area contributed by atoms with Crippen molar-refractivity contribution in [1.82, 2.24) is 0 Å². The van der Waals surface area contributed by atoms with Crippen LogP contribution in [-0.2, 0) is 25.7 Å². The lowest BCUT2D eigenvalue weighted by Gasteiger charge is -2.18. The van der Waals surface area contributed by atoms with Crippen LogP contribution >= 0.6 is 0 Å². The minimum Gasteiger partial charge on any atom is -0.124 e. The minimum absolute atomic E-state index is 0. The number of rotatable bonds is 0. The van der Waals surface area contributed by atoms with Crippen LogP contribution in [0.2, 0.25) is 0 Å². The predicted octanol–water partition coefficient (Wildman–Crippen LogP) is 12.1. The SMILES string of the molecule is C.C#C.C#CC.C#CC#CC.C#CC#CC#C.C1=CCc2ccccc2C1.CC.CC.CC.CC#CC.c1ccc2c(c1)Cc1ccccc1C2. The molecule has 266 valence electrons. The summed E-state index contributed by atoms with van der Waals surface area (Å²) in [5, 5.41) is 0. The fourth-order valence-corrected chi connectivity index (χ4v) is 3.74. The molecule has 0 amide bonds. The molecule has 3 aromatic rings. The maximum absolute atomic E-state index is 4.72. The monoisotopic (exact) mass is 674 g/mol. The van der Waals surface area contributed by atoms with E-state index in [4.69, 9.17) is 19.3 Å². The van der Waals surface area contributed by atoms with Crippen molar-refractivity contribution in [3.05, 3.63) is 118 Å². The molecule has 0 bridgehead atoms. The van der Waals surface area contributed by atoms with E-state index < -0.39 is 0 Å². The average molecular weight is 675 g/mol. The number of hydrogen-bond donors (Lipinski definition) is 0. The van der Waals surface area contributed by atoms with Crippen molar-refractivity contribution >= 4 is 0 Å². The molecule has 2 aliphatic carbocycles. The average Bonchev–Trinajstić information content (AvgIpc) is 3.21. The molecule has 0 nitrogen and oxygen atoms in total. The maximum Gasteiger partial charge on any atom is -0.00134 e. The van der Waals surface area contributed by atoms with Gasteiger partial charge in [0.2, 0.25) is 0 Å². The molecule has 0 saturated carbocycles. The highest BCUT2D eigenvalue weighted by atomic mass is 14.2. The first-order valence-electron chi connectivity index (χ1n) is 16.7. The second kappa shape index (κ2) is 50.7. The first-order valence-corrected chi connectivity index (χ1v) is 16.7. The summed E-state index contributed by atoms with van der Waals surface area (Å²) in [6.07, 6.45) is 35.6. The van der Waals surface area contributed by atoms with E-state index >= 15 is 0 Å². The fourth-order valence-electron chi connectivity index (χ4n) is 3.74. The van der Waals surface area contributed by atoms with Crippen molar-refractivity contribution in [2.75, 3.05) is 0 Å². The van der Waals surface area contributed by atoms with Crippen LogP contribution in [0, 0.1) is 97.7 Å². The Bertz CT molecular complexity index is 1520. The molecule has 2 aliphatic rings. The Balaban J connectivity index is -0.000000122. The molecule has 0 atom stereocenters. The quantitative estimate of drug-likeness (QED) is 0.129. The second-order valence-corrected chi connectivity index (χ2v) is 8.39. The molecule has 0 spiro atoms. The third kappa shape index (κ3) is 33.6. The van der Waals surface area contributed by atoms with Gasteiger partial charge in [0, 0.05) is 0 Å². The number of fused-ring (bicyclic) bond motifs is 3. The van der Waals surface area contributed by atoms with Crippen LogP contribution in [0.15, 0.2) is 84.9 Å². The lowest BCUT2D eigenvalue weighted by molar-refractivity contribution is 1.00. The van der Waals surface area contributed by atoms with Gasteiger partial charge in [0.1, 0.15) is 0 Å². The van der Waals surface area contributed by atoms with Gasteiger partial charge in [0.25, 0.3) is 0 Å². The summed E-state index contributed by atoms with van der Waals surface area (Å²) in [4.78, 5) is 0. The lowest BCUT2D eigenvalue weighted by Crippen LogP contribution is -2.06. The van der Waals surface area contributed by atoms with Crippen molar-refractivity contribution < 1.29 is 0 Å². The van der Waals surface area contributed by atoms with Crippen molar-refractivity contribution in [2.45, 2.75) is 102 Å². The van der Waals surface area contributed by atoms with Crippen LogP contribution in [0.4, 0.5) is 0 Å². The Hall–Kier alpha value is -6.12. The third-order valence-electron chi connectivity index (χ3n) is 5.61. The Morgan fingerprint density at radius 1 is 0.412 bits per heavy atom. The Morgan fingerprint density at radius 3 is 0.824 bits per heavy atom. The highest BCUT2D eigenvalue weighted by Gasteiger charge is 2.13. The van der Waals surface area contributed by atoms with Crippen molar-refractivity contribution in [1.29, 1.82) is 0 Å². The summed E-state index contributed by atoms with van der Waals surface area (Å²) in [5.74, 6) is 23.3. The topological polar surface area (TPSA) is 0 Å². The van der Waals surface area contributed by atoms with Crippen LogP contribution < -0.4 is 0 Å². The molecule has 0 unspecified atom stereocenters. The molecule has 0 heterocycles. The summed E-state index contributed by atoms with van der Waals surface area (Å²) in [7, 11) is 0. The lowest BCUT2D eigenvalue weighted by atomic mass is 9.86. The molecule has 0 fully saturated rings. The van der Waals surface area contributed by atoms with E-state index in [0.717, 1.165) is 25.7 Å². The van der Waals surface area contributed by atoms with Gasteiger partial charge in [-0.1, -0.05) is 140 Å². The van der Waals surface area contributed by atoms with Crippen LogP contribution in [0.3, 0.4) is 0 Å². The normalized spacial score (nSPS) is 8.00. The molecule has 0 saturated heterocycles. The molecule has 0 aromatic heterocycles. The van der Waals surface area contributed by atoms with Gasteiger partial charge in [-0.3, -0.25) is 0 Å². The Kier molecular flexibility index (Phi) is 56.9. The molecule has 0 radical (unpaired) electrons. The summed E-state index contributed by atoms with van der Waals surface area (Å²) < 4.78 is 0. The first kappa shape index (κ1) is 57.2. The highest BCUT2D eigenvalue weighted by molar-refractivity contribution is 5.44. The van der Waals surface area contributed by atoms with Gasteiger partial charge in [-0.05, 0) is 122 Å². The van der Waals surface area contributed by atoms with E-state index in [1.807, 2.05) is 55.4 Å². The largest absolute Gasteiger partial charge is 0.124 e. The van der Waals surface area contributed by atoms with E-state index in [1.165, 1.54) is 33.4 Å². The van der Waals surface area contributed by atoms with Gasteiger partial charge in [-0.25, -0.2) is 0 Å². The van der Waals surface area contributed by atoms with Crippen molar-refractivity contribution in [3.63, 3.8) is 0 Å². The summed E-state index contributed by atoms with van der Waals surface area (Å²) in [6.45, 7) is 19.0. The molecule has 5 rings (SSSR count). The van der Waals surface area contributed by atoms with Crippen LogP contribution in [0.1, 0.15) is 110 Å². The van der Waals surface area contributed by atoms with E-state index in [2.05, 4.69) is 163 Å². The number of allylic oxidation sites excluding steroid dienone is 2. The Labute approximate surface area is 317 Å². The summed E-state index contributed by atoms with van der Waals surface area (Å²) in [5.41, 5.74) is 8.95. The first-order chi connectivity index (χ1) is 24.6. The molecule has 0 heteroatoms. The van der Waals surface area contributed by atoms with Gasteiger partial charge < -0.3 is 0 Å². The van der Waals surface area contributed by atoms with Gasteiger partial charge in [-0.15, -0.1) is 56.3 Å². The zero-order valence-electron chi connectivity index (χ0n) is 32.4. The van der Waals surface area contributed by atoms with Crippen LogP contribution in [0.5, 0.6) is 0 Å². The maximum atomic E-state index is 4.72. The third-order valence-corrected chi connectivity index (χ3v) is 5.61. The summed E-state index contributed by atoms with van der Waals surface area (Å²) >= 11 is 0. The summed E-state index contributed by atoms with van der Waals surface area (Å²) in [6, 6.07) is 26.1. The van der Waals surface area contributed by atoms with Crippen LogP contribution in [0.25, 0.3) is 0 Å². The van der Waals surface area contributed by atoms with Gasteiger partial charge in [-0.2, -0.15) is 0 Å². The smallest absolute Gasteiger partial charge is 0.00134 e. The van der Waals surface area contributed by atoms with Gasteiger partial charge in [0.15, 0.2) is 0 Å². The molecule has 51 heavy (non-hydrogen) atoms. The number of benzene rings is 3. The van der Waals surface area contributed by atoms with Crippen molar-refractivity contribution in [3.8, 4) is 97.7 Å². The van der Waals surface area contributed by atoms with Crippen LogP contribution in [-0.4, -0.2) is 0 Å². The predicted molar refractivity (Wildman–Crippen MR) is 234 cm³/mol. The number of hydrogen-bond acceptors (Lipinski definition) is 0.